The van der Waals surface area contributed by atoms with Crippen molar-refractivity contribution >= 4 is 0 Å². The summed E-state index contributed by atoms with van der Waals surface area (Å²) in [4.78, 5) is 1.80. The van der Waals surface area contributed by atoms with E-state index in [0.717, 1.165) is 0 Å². The molecule has 5 heteroatoms. The van der Waals surface area contributed by atoms with Crippen LogP contribution in [0.3, 0.4) is 0 Å². The number of nitrogens with zero attached hydrogens (tertiary/aromatic N) is 1. The third kappa shape index (κ3) is 2.38. The van der Waals surface area contributed by atoms with Gasteiger partial charge in [-0.1, -0.05) is 0 Å². The van der Waals surface area contributed by atoms with E-state index in [4.69, 9.17) is 10.2 Å². The summed E-state index contributed by atoms with van der Waals surface area (Å²) in [5, 5.41) is 36.3. The number of hydrogen-bond acceptors (Lipinski definition) is 5. The zero-order chi connectivity index (χ0) is 9.84. The Kier molecular flexibility index (Phi) is 4.08. The van der Waals surface area contributed by atoms with Gasteiger partial charge in [0.05, 0.1) is 18.8 Å². The molecule has 0 amide bonds. The zero-order valence-corrected chi connectivity index (χ0v) is 7.50. The van der Waals surface area contributed by atoms with Crippen LogP contribution in [-0.2, 0) is 0 Å². The molecular formula is C8H17NO4. The van der Waals surface area contributed by atoms with Gasteiger partial charge in [-0.15, -0.1) is 0 Å². The van der Waals surface area contributed by atoms with E-state index in [-0.39, 0.29) is 19.3 Å². The van der Waals surface area contributed by atoms with Crippen LogP contribution >= 0.6 is 0 Å². The van der Waals surface area contributed by atoms with Crippen molar-refractivity contribution in [3.05, 3.63) is 0 Å². The Bertz CT molecular complexity index is 155. The summed E-state index contributed by atoms with van der Waals surface area (Å²) in [6.45, 7) is 0.781. The van der Waals surface area contributed by atoms with E-state index in [1.165, 1.54) is 0 Å². The highest BCUT2D eigenvalue weighted by molar-refractivity contribution is 4.92. The van der Waals surface area contributed by atoms with Gasteiger partial charge in [-0.05, 0) is 6.42 Å². The number of hydrogen-bond donors (Lipinski definition) is 4. The van der Waals surface area contributed by atoms with E-state index in [1.54, 1.807) is 4.90 Å². The average molecular weight is 191 g/mol. The molecule has 1 heterocycles. The highest BCUT2D eigenvalue weighted by Crippen LogP contribution is 2.20. The summed E-state index contributed by atoms with van der Waals surface area (Å²) in [6, 6.07) is -0.229. The molecule has 0 aromatic heterocycles. The quantitative estimate of drug-likeness (QED) is 0.404. The van der Waals surface area contributed by atoms with E-state index in [0.29, 0.717) is 19.5 Å². The van der Waals surface area contributed by atoms with E-state index in [9.17, 15) is 10.2 Å². The molecule has 0 aromatic rings. The topological polar surface area (TPSA) is 84.2 Å². The maximum Gasteiger partial charge on any atom is 0.0967 e. The third-order valence-electron chi connectivity index (χ3n) is 2.49. The van der Waals surface area contributed by atoms with Crippen LogP contribution in [0.4, 0.5) is 0 Å². The maximum absolute atomic E-state index is 9.50. The summed E-state index contributed by atoms with van der Waals surface area (Å²) in [5.74, 6) is 0. The van der Waals surface area contributed by atoms with Crippen LogP contribution in [-0.4, -0.2) is 69.9 Å². The van der Waals surface area contributed by atoms with Crippen molar-refractivity contribution in [3.8, 4) is 0 Å². The minimum Gasteiger partial charge on any atom is -0.396 e. The lowest BCUT2D eigenvalue weighted by molar-refractivity contribution is 0.0306. The lowest BCUT2D eigenvalue weighted by Crippen LogP contribution is -2.38. The van der Waals surface area contributed by atoms with Gasteiger partial charge in [0.25, 0.3) is 0 Å². The van der Waals surface area contributed by atoms with Crippen molar-refractivity contribution in [2.24, 2.45) is 0 Å². The van der Waals surface area contributed by atoms with Gasteiger partial charge >= 0.3 is 0 Å². The molecule has 3 atom stereocenters. The fourth-order valence-corrected chi connectivity index (χ4v) is 1.83. The molecule has 0 unspecified atom stereocenters. The molecule has 1 fully saturated rings. The minimum absolute atomic E-state index is 0.00136. The maximum atomic E-state index is 9.50. The van der Waals surface area contributed by atoms with Crippen molar-refractivity contribution in [3.63, 3.8) is 0 Å². The number of likely N-dealkylation sites (tertiary alicyclic amines) is 1. The van der Waals surface area contributed by atoms with Crippen molar-refractivity contribution in [1.29, 1.82) is 0 Å². The molecule has 78 valence electrons. The van der Waals surface area contributed by atoms with Crippen LogP contribution in [0.2, 0.25) is 0 Å². The molecule has 1 rings (SSSR count). The molecule has 0 bridgehead atoms. The van der Waals surface area contributed by atoms with Crippen LogP contribution in [0.15, 0.2) is 0 Å². The molecule has 13 heavy (non-hydrogen) atoms. The van der Waals surface area contributed by atoms with Crippen molar-refractivity contribution in [1.82, 2.24) is 4.90 Å². The molecular weight excluding hydrogens is 174 g/mol. The van der Waals surface area contributed by atoms with Crippen LogP contribution < -0.4 is 0 Å². The normalized spacial score (nSPS) is 35.5. The van der Waals surface area contributed by atoms with Crippen molar-refractivity contribution < 1.29 is 20.4 Å². The highest BCUT2D eigenvalue weighted by atomic mass is 16.3. The largest absolute Gasteiger partial charge is 0.396 e. The molecule has 0 aromatic carbocycles. The monoisotopic (exact) mass is 191 g/mol. The van der Waals surface area contributed by atoms with Gasteiger partial charge in [0.1, 0.15) is 0 Å². The third-order valence-corrected chi connectivity index (χ3v) is 2.49. The van der Waals surface area contributed by atoms with Gasteiger partial charge in [0.15, 0.2) is 0 Å². The predicted octanol–water partition coefficient (Wildman–Crippen LogP) is -2.23. The second-order valence-electron chi connectivity index (χ2n) is 3.36. The van der Waals surface area contributed by atoms with Gasteiger partial charge in [-0.25, -0.2) is 0 Å². The molecule has 1 saturated heterocycles. The Labute approximate surface area is 77.2 Å². The molecule has 1 aliphatic heterocycles. The van der Waals surface area contributed by atoms with Gasteiger partial charge < -0.3 is 20.4 Å². The molecule has 0 spiro atoms. The zero-order valence-electron chi connectivity index (χ0n) is 7.50. The lowest BCUT2D eigenvalue weighted by atomic mass is 10.1. The standard InChI is InChI=1S/C8H17NO4/c10-3-1-6-8(13)7(12)5-9(6)2-4-11/h6-8,10-13H,1-5H2/t6-,7+,8-/m0/s1. The number of aliphatic hydroxyl groups is 4. The van der Waals surface area contributed by atoms with E-state index in [1.807, 2.05) is 0 Å². The Balaban J connectivity index is 2.52. The van der Waals surface area contributed by atoms with Crippen LogP contribution in [0.1, 0.15) is 6.42 Å². The first-order chi connectivity index (χ1) is 6.20. The smallest absolute Gasteiger partial charge is 0.0967 e. The number of β-amino-alcohol motifs (C(OH)–C–C–N with tert-alkyl or cyclic N) is 2. The predicted molar refractivity (Wildman–Crippen MR) is 46.2 cm³/mol. The Morgan fingerprint density at radius 1 is 1.15 bits per heavy atom. The summed E-state index contributed by atoms with van der Waals surface area (Å²) < 4.78 is 0. The first-order valence-electron chi connectivity index (χ1n) is 4.52. The van der Waals surface area contributed by atoms with Gasteiger partial charge in [-0.3, -0.25) is 4.90 Å². The summed E-state index contributed by atoms with van der Waals surface area (Å²) >= 11 is 0. The lowest BCUT2D eigenvalue weighted by Gasteiger charge is -2.23. The molecule has 4 N–H and O–H groups in total. The number of rotatable bonds is 4. The summed E-state index contributed by atoms with van der Waals surface area (Å²) in [6.07, 6.45) is -1.14. The van der Waals surface area contributed by atoms with Gasteiger partial charge in [0.2, 0.25) is 0 Å². The average Bonchev–Trinajstić information content (AvgIpc) is 2.34. The highest BCUT2D eigenvalue weighted by Gasteiger charge is 2.38. The molecule has 0 radical (unpaired) electrons. The molecule has 0 saturated carbocycles. The van der Waals surface area contributed by atoms with Crippen molar-refractivity contribution in [2.75, 3.05) is 26.3 Å². The summed E-state index contributed by atoms with van der Waals surface area (Å²) in [5.41, 5.74) is 0. The van der Waals surface area contributed by atoms with E-state index >= 15 is 0 Å². The fourth-order valence-electron chi connectivity index (χ4n) is 1.83. The van der Waals surface area contributed by atoms with Crippen molar-refractivity contribution in [2.45, 2.75) is 24.7 Å². The molecule has 5 nitrogen and oxygen atoms in total. The van der Waals surface area contributed by atoms with Crippen LogP contribution in [0.25, 0.3) is 0 Å². The van der Waals surface area contributed by atoms with Crippen LogP contribution in [0.5, 0.6) is 0 Å². The van der Waals surface area contributed by atoms with E-state index < -0.39 is 12.2 Å². The van der Waals surface area contributed by atoms with Gasteiger partial charge in [0, 0.05) is 25.7 Å². The number of aliphatic hydroxyl groups excluding tert-OH is 4. The molecule has 1 aliphatic rings. The first-order valence-corrected chi connectivity index (χ1v) is 4.52. The van der Waals surface area contributed by atoms with Crippen LogP contribution in [0, 0.1) is 0 Å². The van der Waals surface area contributed by atoms with E-state index in [2.05, 4.69) is 0 Å². The minimum atomic E-state index is -0.807. The Hall–Kier alpha value is -0.200. The fraction of sp³-hybridized carbons (Fsp3) is 1.00. The summed E-state index contributed by atoms with van der Waals surface area (Å²) in [7, 11) is 0. The Morgan fingerprint density at radius 2 is 1.85 bits per heavy atom. The second-order valence-corrected chi connectivity index (χ2v) is 3.36. The second kappa shape index (κ2) is 4.88. The molecule has 0 aliphatic carbocycles. The SMILES string of the molecule is OCC[C@H]1[C@H](O)[C@H](O)CN1CCO. The Morgan fingerprint density at radius 3 is 2.38 bits per heavy atom. The first kappa shape index (κ1) is 10.9. The van der Waals surface area contributed by atoms with Gasteiger partial charge in [-0.2, -0.15) is 0 Å².